The summed E-state index contributed by atoms with van der Waals surface area (Å²) in [4.78, 5) is 0. The summed E-state index contributed by atoms with van der Waals surface area (Å²) < 4.78 is 0. The molecule has 0 aliphatic carbocycles. The summed E-state index contributed by atoms with van der Waals surface area (Å²) in [5.74, 6) is 0. The van der Waals surface area contributed by atoms with E-state index in [0.717, 1.165) is 34.3 Å². The van der Waals surface area contributed by atoms with E-state index in [-0.39, 0.29) is 0 Å². The van der Waals surface area contributed by atoms with Crippen LogP contribution in [-0.2, 0) is 0 Å². The van der Waals surface area contributed by atoms with Crippen LogP contribution in [-0.4, -0.2) is 6.54 Å². The number of aryl methyl sites for hydroxylation is 1. The molecular weight excluding hydrogens is 217 g/mol. The first-order chi connectivity index (χ1) is 6.65. The molecule has 0 saturated carbocycles. The normalized spacial score (nSPS) is 10.3. The highest BCUT2D eigenvalue weighted by Crippen LogP contribution is 2.28. The number of hydrogen-bond acceptors (Lipinski definition) is 1. The van der Waals surface area contributed by atoms with Gasteiger partial charge in [-0.25, -0.2) is 0 Å². The lowest BCUT2D eigenvalue weighted by Crippen LogP contribution is -2.01. The Labute approximate surface area is 95.4 Å². The van der Waals surface area contributed by atoms with Gasteiger partial charge in [0.25, 0.3) is 0 Å². The van der Waals surface area contributed by atoms with Crippen LogP contribution in [0.5, 0.6) is 0 Å². The first-order valence-electron chi connectivity index (χ1n) is 4.84. The van der Waals surface area contributed by atoms with Crippen molar-refractivity contribution in [3.63, 3.8) is 0 Å². The van der Waals surface area contributed by atoms with Gasteiger partial charge in [0.05, 0.1) is 10.7 Å². The molecule has 0 unspecified atom stereocenters. The number of hydrogen-bond donors (Lipinski definition) is 1. The van der Waals surface area contributed by atoms with Gasteiger partial charge < -0.3 is 5.32 Å². The van der Waals surface area contributed by atoms with Crippen LogP contribution < -0.4 is 5.32 Å². The Balaban J connectivity index is 2.72. The second kappa shape index (κ2) is 5.47. The van der Waals surface area contributed by atoms with E-state index < -0.39 is 0 Å². The van der Waals surface area contributed by atoms with Crippen molar-refractivity contribution in [3.8, 4) is 0 Å². The fourth-order valence-electron chi connectivity index (χ4n) is 1.18. The van der Waals surface area contributed by atoms with Gasteiger partial charge in [-0.2, -0.15) is 0 Å². The summed E-state index contributed by atoms with van der Waals surface area (Å²) in [6, 6.07) is 3.77. The van der Waals surface area contributed by atoms with E-state index in [9.17, 15) is 0 Å². The topological polar surface area (TPSA) is 12.0 Å². The van der Waals surface area contributed by atoms with Crippen molar-refractivity contribution in [2.24, 2.45) is 0 Å². The molecule has 1 rings (SSSR count). The number of anilines is 1. The number of rotatable bonds is 4. The summed E-state index contributed by atoms with van der Waals surface area (Å²) >= 11 is 12.1. The van der Waals surface area contributed by atoms with Gasteiger partial charge in [-0.05, 0) is 31.0 Å². The molecule has 0 aliphatic heterocycles. The Kier molecular flexibility index (Phi) is 4.56. The van der Waals surface area contributed by atoms with E-state index in [2.05, 4.69) is 12.2 Å². The predicted octanol–water partition coefficient (Wildman–Crippen LogP) is 4.51. The minimum Gasteiger partial charge on any atom is -0.384 e. The Morgan fingerprint density at radius 1 is 1.21 bits per heavy atom. The molecule has 1 aromatic carbocycles. The molecule has 1 aromatic rings. The van der Waals surface area contributed by atoms with Crippen LogP contribution in [0.25, 0.3) is 0 Å². The molecule has 0 aromatic heterocycles. The van der Waals surface area contributed by atoms with Gasteiger partial charge in [-0.15, -0.1) is 0 Å². The molecule has 0 heterocycles. The van der Waals surface area contributed by atoms with E-state index >= 15 is 0 Å². The van der Waals surface area contributed by atoms with Gasteiger partial charge in [0.15, 0.2) is 0 Å². The van der Waals surface area contributed by atoms with Gasteiger partial charge in [0.1, 0.15) is 0 Å². The molecule has 0 radical (unpaired) electrons. The van der Waals surface area contributed by atoms with Crippen molar-refractivity contribution in [2.45, 2.75) is 26.7 Å². The van der Waals surface area contributed by atoms with Gasteiger partial charge in [0, 0.05) is 11.6 Å². The summed E-state index contributed by atoms with van der Waals surface area (Å²) in [7, 11) is 0. The number of unbranched alkanes of at least 4 members (excludes halogenated alkanes) is 1. The largest absolute Gasteiger partial charge is 0.384 e. The van der Waals surface area contributed by atoms with Crippen molar-refractivity contribution in [2.75, 3.05) is 11.9 Å². The molecule has 0 spiro atoms. The van der Waals surface area contributed by atoms with Crippen molar-refractivity contribution >= 4 is 28.9 Å². The molecule has 1 N–H and O–H groups in total. The first kappa shape index (κ1) is 11.7. The Morgan fingerprint density at radius 3 is 2.57 bits per heavy atom. The monoisotopic (exact) mass is 231 g/mol. The second-order valence-electron chi connectivity index (χ2n) is 3.36. The average Bonchev–Trinajstić information content (AvgIpc) is 2.14. The number of nitrogens with one attached hydrogen (secondary N) is 1. The zero-order valence-corrected chi connectivity index (χ0v) is 10.0. The highest BCUT2D eigenvalue weighted by Gasteiger charge is 2.03. The lowest BCUT2D eigenvalue weighted by molar-refractivity contribution is 0.834. The van der Waals surface area contributed by atoms with E-state index in [4.69, 9.17) is 23.2 Å². The fourth-order valence-corrected chi connectivity index (χ4v) is 1.63. The van der Waals surface area contributed by atoms with Crippen LogP contribution in [0.3, 0.4) is 0 Å². The van der Waals surface area contributed by atoms with Crippen LogP contribution >= 0.6 is 23.2 Å². The van der Waals surface area contributed by atoms with E-state index in [1.54, 1.807) is 0 Å². The van der Waals surface area contributed by atoms with Gasteiger partial charge >= 0.3 is 0 Å². The van der Waals surface area contributed by atoms with E-state index in [1.165, 1.54) is 6.42 Å². The molecule has 78 valence electrons. The maximum atomic E-state index is 6.06. The summed E-state index contributed by atoms with van der Waals surface area (Å²) in [6.07, 6.45) is 2.31. The maximum absolute atomic E-state index is 6.06. The zero-order valence-electron chi connectivity index (χ0n) is 8.53. The Morgan fingerprint density at radius 2 is 1.93 bits per heavy atom. The van der Waals surface area contributed by atoms with E-state index in [1.807, 2.05) is 19.1 Å². The van der Waals surface area contributed by atoms with Gasteiger partial charge in [0.2, 0.25) is 0 Å². The highest BCUT2D eigenvalue weighted by atomic mass is 35.5. The van der Waals surface area contributed by atoms with Gasteiger partial charge in [-0.1, -0.05) is 36.5 Å². The smallest absolute Gasteiger partial charge is 0.0641 e. The Bertz CT molecular complexity index is 310. The second-order valence-corrected chi connectivity index (χ2v) is 4.18. The maximum Gasteiger partial charge on any atom is 0.0641 e. The third kappa shape index (κ3) is 3.07. The first-order valence-corrected chi connectivity index (χ1v) is 5.60. The third-order valence-electron chi connectivity index (χ3n) is 2.09. The molecular formula is C11H15Cl2N. The standard InChI is InChI=1S/C11H15Cl2N/c1-3-4-5-14-11-7-9(12)8(2)6-10(11)13/h6-7,14H,3-5H2,1-2H3. The quantitative estimate of drug-likeness (QED) is 0.753. The molecule has 1 nitrogen and oxygen atoms in total. The summed E-state index contributed by atoms with van der Waals surface area (Å²) in [5, 5.41) is 4.76. The summed E-state index contributed by atoms with van der Waals surface area (Å²) in [6.45, 7) is 5.05. The van der Waals surface area contributed by atoms with Crippen LogP contribution in [0, 0.1) is 6.92 Å². The highest BCUT2D eigenvalue weighted by molar-refractivity contribution is 6.35. The van der Waals surface area contributed by atoms with Crippen LogP contribution in [0.1, 0.15) is 25.3 Å². The minimum absolute atomic E-state index is 0.739. The van der Waals surface area contributed by atoms with Crippen LogP contribution in [0.15, 0.2) is 12.1 Å². The molecule has 0 atom stereocenters. The Hall–Kier alpha value is -0.400. The molecule has 0 bridgehead atoms. The van der Waals surface area contributed by atoms with Crippen molar-refractivity contribution in [1.29, 1.82) is 0 Å². The molecule has 3 heteroatoms. The molecule has 0 amide bonds. The molecule has 0 saturated heterocycles. The SMILES string of the molecule is CCCCNc1cc(Cl)c(C)cc1Cl. The third-order valence-corrected chi connectivity index (χ3v) is 2.81. The summed E-state index contributed by atoms with van der Waals surface area (Å²) in [5.41, 5.74) is 1.94. The molecule has 0 fully saturated rings. The zero-order chi connectivity index (χ0) is 10.6. The van der Waals surface area contributed by atoms with Crippen LogP contribution in [0.2, 0.25) is 10.0 Å². The number of halogens is 2. The van der Waals surface area contributed by atoms with Crippen LogP contribution in [0.4, 0.5) is 5.69 Å². The molecule has 14 heavy (non-hydrogen) atoms. The molecule has 0 aliphatic rings. The average molecular weight is 232 g/mol. The lowest BCUT2D eigenvalue weighted by Gasteiger charge is -2.09. The van der Waals surface area contributed by atoms with Crippen molar-refractivity contribution < 1.29 is 0 Å². The van der Waals surface area contributed by atoms with Crippen molar-refractivity contribution in [3.05, 3.63) is 27.7 Å². The van der Waals surface area contributed by atoms with Gasteiger partial charge in [-0.3, -0.25) is 0 Å². The minimum atomic E-state index is 0.739. The van der Waals surface area contributed by atoms with Crippen molar-refractivity contribution in [1.82, 2.24) is 0 Å². The number of benzene rings is 1. The van der Waals surface area contributed by atoms with E-state index in [0.29, 0.717) is 0 Å². The lowest BCUT2D eigenvalue weighted by atomic mass is 10.2. The fraction of sp³-hybridized carbons (Fsp3) is 0.455. The predicted molar refractivity (Wildman–Crippen MR) is 64.6 cm³/mol.